The van der Waals surface area contributed by atoms with E-state index in [0.29, 0.717) is 6.54 Å². The van der Waals surface area contributed by atoms with E-state index in [9.17, 15) is 4.79 Å². The molecule has 0 aliphatic heterocycles. The summed E-state index contributed by atoms with van der Waals surface area (Å²) in [5.41, 5.74) is 1.96. The monoisotopic (exact) mass is 211 g/mol. The fraction of sp³-hybridized carbons (Fsp3) is 0.600. The fourth-order valence-electron chi connectivity index (χ4n) is 1.26. The summed E-state index contributed by atoms with van der Waals surface area (Å²) in [5.74, 6) is -0.110. The second kappa shape index (κ2) is 4.93. The first-order valence-electron chi connectivity index (χ1n) is 4.84. The van der Waals surface area contributed by atoms with E-state index in [0.717, 1.165) is 11.3 Å². The van der Waals surface area contributed by atoms with E-state index >= 15 is 0 Å². The van der Waals surface area contributed by atoms with Gasteiger partial charge in [-0.3, -0.25) is 9.48 Å². The molecule has 0 aliphatic rings. The predicted molar refractivity (Wildman–Crippen MR) is 56.3 cm³/mol. The van der Waals surface area contributed by atoms with E-state index < -0.39 is 6.10 Å². The Morgan fingerprint density at radius 1 is 1.73 bits per heavy atom. The fourth-order valence-corrected chi connectivity index (χ4v) is 1.26. The normalized spacial score (nSPS) is 12.5. The molecule has 84 valence electrons. The number of ether oxygens (including phenoxy) is 1. The van der Waals surface area contributed by atoms with Crippen molar-refractivity contribution >= 4 is 5.91 Å². The lowest BCUT2D eigenvalue weighted by Gasteiger charge is -2.09. The second-order valence-corrected chi connectivity index (χ2v) is 3.51. The van der Waals surface area contributed by atoms with Crippen molar-refractivity contribution in [1.29, 1.82) is 0 Å². The first-order valence-corrected chi connectivity index (χ1v) is 4.84. The predicted octanol–water partition coefficient (Wildman–Crippen LogP) is 0.380. The standard InChI is InChI=1S/C10H17N3O2/c1-7-9(6-13(3)12-7)5-11-10(14)8(2)15-4/h6,8H,5H2,1-4H3,(H,11,14). The van der Waals surface area contributed by atoms with Crippen molar-refractivity contribution in [3.05, 3.63) is 17.5 Å². The SMILES string of the molecule is COC(C)C(=O)NCc1cn(C)nc1C. The number of methoxy groups -OCH3 is 1. The zero-order valence-electron chi connectivity index (χ0n) is 9.57. The summed E-state index contributed by atoms with van der Waals surface area (Å²) in [6.45, 7) is 4.12. The Hall–Kier alpha value is -1.36. The summed E-state index contributed by atoms with van der Waals surface area (Å²) in [4.78, 5) is 11.4. The Morgan fingerprint density at radius 2 is 2.40 bits per heavy atom. The third-order valence-electron chi connectivity index (χ3n) is 2.29. The van der Waals surface area contributed by atoms with Crippen LogP contribution in [0.5, 0.6) is 0 Å². The van der Waals surface area contributed by atoms with Gasteiger partial charge in [-0.15, -0.1) is 0 Å². The van der Waals surface area contributed by atoms with Gasteiger partial charge in [0.1, 0.15) is 6.10 Å². The molecule has 1 amide bonds. The number of rotatable bonds is 4. The van der Waals surface area contributed by atoms with Crippen LogP contribution in [-0.4, -0.2) is 28.9 Å². The van der Waals surface area contributed by atoms with Gasteiger partial charge in [0.2, 0.25) is 5.91 Å². The molecule has 1 atom stereocenters. The van der Waals surface area contributed by atoms with Crippen LogP contribution in [0.2, 0.25) is 0 Å². The summed E-state index contributed by atoms with van der Waals surface area (Å²) in [6, 6.07) is 0. The zero-order valence-corrected chi connectivity index (χ0v) is 9.57. The molecule has 0 radical (unpaired) electrons. The first-order chi connectivity index (χ1) is 7.04. The minimum Gasteiger partial charge on any atom is -0.372 e. The van der Waals surface area contributed by atoms with Gasteiger partial charge in [0, 0.05) is 32.5 Å². The van der Waals surface area contributed by atoms with Crippen molar-refractivity contribution < 1.29 is 9.53 Å². The Bertz CT molecular complexity index is 346. The molecule has 1 rings (SSSR count). The molecule has 0 fully saturated rings. The average Bonchev–Trinajstić information content (AvgIpc) is 2.52. The molecule has 1 aromatic heterocycles. The van der Waals surface area contributed by atoms with Crippen molar-refractivity contribution in [1.82, 2.24) is 15.1 Å². The maximum absolute atomic E-state index is 11.4. The molecule has 15 heavy (non-hydrogen) atoms. The number of nitrogens with one attached hydrogen (secondary N) is 1. The van der Waals surface area contributed by atoms with Gasteiger partial charge in [-0.1, -0.05) is 0 Å². The van der Waals surface area contributed by atoms with Crippen LogP contribution in [0.4, 0.5) is 0 Å². The highest BCUT2D eigenvalue weighted by molar-refractivity contribution is 5.80. The van der Waals surface area contributed by atoms with E-state index in [1.807, 2.05) is 20.2 Å². The molecule has 5 nitrogen and oxygen atoms in total. The van der Waals surface area contributed by atoms with Gasteiger partial charge >= 0.3 is 0 Å². The van der Waals surface area contributed by atoms with Crippen LogP contribution in [0.15, 0.2) is 6.20 Å². The van der Waals surface area contributed by atoms with Crippen LogP contribution in [-0.2, 0) is 23.1 Å². The Morgan fingerprint density at radius 3 is 2.87 bits per heavy atom. The summed E-state index contributed by atoms with van der Waals surface area (Å²) < 4.78 is 6.64. The molecule has 0 aliphatic carbocycles. The quantitative estimate of drug-likeness (QED) is 0.783. The molecule has 1 heterocycles. The molecular formula is C10H17N3O2. The highest BCUT2D eigenvalue weighted by Gasteiger charge is 2.11. The Balaban J connectivity index is 2.50. The summed E-state index contributed by atoms with van der Waals surface area (Å²) >= 11 is 0. The number of carbonyl (C=O) groups is 1. The van der Waals surface area contributed by atoms with Crippen molar-refractivity contribution in [3.8, 4) is 0 Å². The van der Waals surface area contributed by atoms with Gasteiger partial charge in [-0.25, -0.2) is 0 Å². The average molecular weight is 211 g/mol. The highest BCUT2D eigenvalue weighted by atomic mass is 16.5. The number of amides is 1. The maximum atomic E-state index is 11.4. The minimum atomic E-state index is -0.415. The van der Waals surface area contributed by atoms with Crippen LogP contribution in [0.25, 0.3) is 0 Å². The number of aromatic nitrogens is 2. The number of carbonyl (C=O) groups excluding carboxylic acids is 1. The molecule has 1 unspecified atom stereocenters. The number of aryl methyl sites for hydroxylation is 2. The number of hydrogen-bond acceptors (Lipinski definition) is 3. The highest BCUT2D eigenvalue weighted by Crippen LogP contribution is 2.03. The van der Waals surface area contributed by atoms with Crippen LogP contribution >= 0.6 is 0 Å². The molecule has 1 aromatic rings. The van der Waals surface area contributed by atoms with Gasteiger partial charge in [0.15, 0.2) is 0 Å². The number of hydrogen-bond donors (Lipinski definition) is 1. The lowest BCUT2D eigenvalue weighted by Crippen LogP contribution is -2.33. The van der Waals surface area contributed by atoms with Gasteiger partial charge in [0.25, 0.3) is 0 Å². The summed E-state index contributed by atoms with van der Waals surface area (Å²) in [6.07, 6.45) is 1.48. The van der Waals surface area contributed by atoms with E-state index in [4.69, 9.17) is 4.74 Å². The second-order valence-electron chi connectivity index (χ2n) is 3.51. The molecule has 0 spiro atoms. The molecule has 0 saturated heterocycles. The third kappa shape index (κ3) is 3.06. The molecule has 1 N–H and O–H groups in total. The van der Waals surface area contributed by atoms with Gasteiger partial charge in [-0.05, 0) is 13.8 Å². The Labute approximate surface area is 89.4 Å². The van der Waals surface area contributed by atoms with Crippen molar-refractivity contribution in [2.24, 2.45) is 7.05 Å². The first kappa shape index (κ1) is 11.7. The largest absolute Gasteiger partial charge is 0.372 e. The lowest BCUT2D eigenvalue weighted by molar-refractivity contribution is -0.130. The van der Waals surface area contributed by atoms with Crippen molar-refractivity contribution in [3.63, 3.8) is 0 Å². The molecule has 0 aromatic carbocycles. The lowest BCUT2D eigenvalue weighted by atomic mass is 10.2. The van der Waals surface area contributed by atoms with E-state index in [2.05, 4.69) is 10.4 Å². The molecule has 5 heteroatoms. The van der Waals surface area contributed by atoms with Crippen molar-refractivity contribution in [2.45, 2.75) is 26.5 Å². The van der Waals surface area contributed by atoms with E-state index in [1.165, 1.54) is 7.11 Å². The van der Waals surface area contributed by atoms with Crippen LogP contribution in [0.1, 0.15) is 18.2 Å². The maximum Gasteiger partial charge on any atom is 0.249 e. The summed E-state index contributed by atoms with van der Waals surface area (Å²) in [7, 11) is 3.37. The van der Waals surface area contributed by atoms with E-state index in [1.54, 1.807) is 11.6 Å². The van der Waals surface area contributed by atoms with Crippen LogP contribution in [0, 0.1) is 6.92 Å². The molecule has 0 saturated carbocycles. The summed E-state index contributed by atoms with van der Waals surface area (Å²) in [5, 5.41) is 6.97. The molecule has 0 bridgehead atoms. The third-order valence-corrected chi connectivity index (χ3v) is 2.29. The van der Waals surface area contributed by atoms with Crippen molar-refractivity contribution in [2.75, 3.05) is 7.11 Å². The molecular weight excluding hydrogens is 194 g/mol. The number of nitrogens with zero attached hydrogens (tertiary/aromatic N) is 2. The van der Waals surface area contributed by atoms with Gasteiger partial charge in [0.05, 0.1) is 5.69 Å². The van der Waals surface area contributed by atoms with E-state index in [-0.39, 0.29) is 5.91 Å². The van der Waals surface area contributed by atoms with Crippen LogP contribution in [0.3, 0.4) is 0 Å². The van der Waals surface area contributed by atoms with Gasteiger partial charge in [-0.2, -0.15) is 5.10 Å². The zero-order chi connectivity index (χ0) is 11.4. The van der Waals surface area contributed by atoms with Crippen LogP contribution < -0.4 is 5.32 Å². The Kier molecular flexibility index (Phi) is 3.85. The van der Waals surface area contributed by atoms with Gasteiger partial charge < -0.3 is 10.1 Å². The smallest absolute Gasteiger partial charge is 0.249 e. The minimum absolute atomic E-state index is 0.110. The topological polar surface area (TPSA) is 56.1 Å².